The highest BCUT2D eigenvalue weighted by Crippen LogP contribution is 2.35. The van der Waals surface area contributed by atoms with Gasteiger partial charge in [-0.25, -0.2) is 9.37 Å². The van der Waals surface area contributed by atoms with Gasteiger partial charge in [0.25, 0.3) is 5.56 Å². The number of nitrogens with zero attached hydrogens (tertiary/aromatic N) is 2. The number of nitrogens with one attached hydrogen (secondary N) is 1. The maximum atomic E-state index is 13.4. The summed E-state index contributed by atoms with van der Waals surface area (Å²) in [5, 5.41) is 2.95. The van der Waals surface area contributed by atoms with Crippen LogP contribution in [0.5, 0.6) is 0 Å². The van der Waals surface area contributed by atoms with E-state index >= 15 is 0 Å². The molecule has 1 amide bonds. The number of aryl methyl sites for hydroxylation is 1. The number of hydrogen-bond acceptors (Lipinski definition) is 4. The van der Waals surface area contributed by atoms with E-state index in [4.69, 9.17) is 0 Å². The number of fused-ring (bicyclic) bond motifs is 2. The highest BCUT2D eigenvalue weighted by molar-refractivity contribution is 7.99. The van der Waals surface area contributed by atoms with Crippen LogP contribution in [-0.4, -0.2) is 21.2 Å². The second-order valence-electron chi connectivity index (χ2n) is 7.11. The molecule has 2 heterocycles. The summed E-state index contributed by atoms with van der Waals surface area (Å²) in [6.07, 6.45) is -1.58. The first-order valence-corrected chi connectivity index (χ1v) is 10.2. The molecule has 10 heteroatoms. The van der Waals surface area contributed by atoms with Gasteiger partial charge in [-0.2, -0.15) is 13.2 Å². The van der Waals surface area contributed by atoms with Crippen LogP contribution in [0.2, 0.25) is 0 Å². The second kappa shape index (κ2) is 7.47. The molecule has 5 nitrogen and oxygen atoms in total. The molecule has 1 N–H and O–H groups in total. The number of anilines is 1. The van der Waals surface area contributed by atoms with Crippen LogP contribution < -0.4 is 10.9 Å². The number of thioether (sulfide) groups is 1. The molecule has 1 unspecified atom stereocenters. The Labute approximate surface area is 167 Å². The minimum absolute atomic E-state index is 0.0842. The number of benzene rings is 1. The molecule has 0 spiro atoms. The maximum absolute atomic E-state index is 13.4. The quantitative estimate of drug-likeness (QED) is 0.595. The summed E-state index contributed by atoms with van der Waals surface area (Å²) in [5.41, 5.74) is -0.194. The van der Waals surface area contributed by atoms with E-state index in [-0.39, 0.29) is 17.7 Å². The number of aromatic nitrogens is 2. The van der Waals surface area contributed by atoms with Gasteiger partial charge in [0.1, 0.15) is 5.82 Å². The average molecular weight is 427 g/mol. The molecule has 1 aliphatic carbocycles. The van der Waals surface area contributed by atoms with Gasteiger partial charge in [0.2, 0.25) is 5.91 Å². The zero-order chi connectivity index (χ0) is 20.8. The fraction of sp³-hybridized carbons (Fsp3) is 0.421. The van der Waals surface area contributed by atoms with Crippen molar-refractivity contribution in [2.24, 2.45) is 0 Å². The summed E-state index contributed by atoms with van der Waals surface area (Å²) >= 11 is 1.39. The Bertz CT molecular complexity index is 1040. The molecule has 2 aliphatic rings. The number of amides is 1. The van der Waals surface area contributed by atoms with E-state index in [1.54, 1.807) is 0 Å². The third-order valence-electron chi connectivity index (χ3n) is 5.10. The number of alkyl halides is 3. The molecular weight excluding hydrogens is 410 g/mol. The third kappa shape index (κ3) is 3.90. The van der Waals surface area contributed by atoms with Gasteiger partial charge < -0.3 is 5.32 Å². The number of rotatable bonds is 3. The molecule has 2 aromatic rings. The van der Waals surface area contributed by atoms with Crippen molar-refractivity contribution in [3.8, 4) is 0 Å². The molecule has 0 fully saturated rings. The fourth-order valence-corrected chi connectivity index (χ4v) is 4.86. The Balaban J connectivity index is 1.52. The first-order chi connectivity index (χ1) is 13.7. The Morgan fingerprint density at radius 1 is 1.28 bits per heavy atom. The Morgan fingerprint density at radius 3 is 2.79 bits per heavy atom. The van der Waals surface area contributed by atoms with Crippen LogP contribution in [-0.2, 0) is 23.8 Å². The Kier molecular flexibility index (Phi) is 5.14. The van der Waals surface area contributed by atoms with Crippen molar-refractivity contribution in [1.82, 2.24) is 9.55 Å². The van der Waals surface area contributed by atoms with Crippen LogP contribution in [0.15, 0.2) is 28.2 Å². The molecule has 1 aromatic heterocycles. The number of halogens is 4. The molecule has 0 saturated heterocycles. The minimum Gasteiger partial charge on any atom is -0.326 e. The fourth-order valence-electron chi connectivity index (χ4n) is 3.71. The van der Waals surface area contributed by atoms with Crippen LogP contribution in [0.4, 0.5) is 23.2 Å². The topological polar surface area (TPSA) is 64.0 Å². The lowest BCUT2D eigenvalue weighted by Crippen LogP contribution is -2.32. The Morgan fingerprint density at radius 2 is 2.03 bits per heavy atom. The van der Waals surface area contributed by atoms with Crippen LogP contribution in [0, 0.1) is 5.82 Å². The van der Waals surface area contributed by atoms with Crippen molar-refractivity contribution in [3.05, 3.63) is 51.2 Å². The smallest absolute Gasteiger partial charge is 0.326 e. The first kappa shape index (κ1) is 19.9. The van der Waals surface area contributed by atoms with E-state index in [2.05, 4.69) is 10.3 Å². The molecular formula is C19H17F4N3O2S. The van der Waals surface area contributed by atoms with Gasteiger partial charge in [-0.05, 0) is 43.9 Å². The van der Waals surface area contributed by atoms with Crippen molar-refractivity contribution >= 4 is 23.4 Å². The van der Waals surface area contributed by atoms with Gasteiger partial charge in [-0.1, -0.05) is 11.8 Å². The van der Waals surface area contributed by atoms with Crippen LogP contribution in [0.3, 0.4) is 0 Å². The molecule has 4 rings (SSSR count). The second-order valence-corrected chi connectivity index (χ2v) is 8.10. The summed E-state index contributed by atoms with van der Waals surface area (Å²) in [4.78, 5) is 29.8. The molecule has 29 heavy (non-hydrogen) atoms. The average Bonchev–Trinajstić information content (AvgIpc) is 3.05. The van der Waals surface area contributed by atoms with E-state index in [9.17, 15) is 27.2 Å². The van der Waals surface area contributed by atoms with Gasteiger partial charge in [0, 0.05) is 23.4 Å². The predicted octanol–water partition coefficient (Wildman–Crippen LogP) is 3.96. The van der Waals surface area contributed by atoms with Gasteiger partial charge in [0.05, 0.1) is 17.3 Å². The van der Waals surface area contributed by atoms with E-state index in [0.717, 1.165) is 31.0 Å². The van der Waals surface area contributed by atoms with Gasteiger partial charge in [-0.15, -0.1) is 0 Å². The van der Waals surface area contributed by atoms with E-state index in [1.165, 1.54) is 16.3 Å². The van der Waals surface area contributed by atoms with Crippen LogP contribution in [0.25, 0.3) is 0 Å². The van der Waals surface area contributed by atoms with Gasteiger partial charge in [-0.3, -0.25) is 14.2 Å². The zero-order valence-corrected chi connectivity index (χ0v) is 16.0. The van der Waals surface area contributed by atoms with E-state index in [0.29, 0.717) is 35.0 Å². The number of hydrogen-bond donors (Lipinski definition) is 1. The van der Waals surface area contributed by atoms with E-state index in [1.807, 2.05) is 0 Å². The monoisotopic (exact) mass is 427 g/mol. The number of carbonyl (C=O) groups excluding carboxylic acids is 1. The van der Waals surface area contributed by atoms with E-state index < -0.39 is 29.5 Å². The molecule has 154 valence electrons. The standard InChI is InChI=1S/C19H17F4N3O2S/c20-14-6-5-10(7-13(14)19(21,22)23)24-16(27)8-11-9-29-18-25-15-4-2-1-3-12(15)17(28)26(11)18/h5-7,11H,1-4,8-9H2,(H,24,27). The highest BCUT2D eigenvalue weighted by Gasteiger charge is 2.35. The molecule has 0 radical (unpaired) electrons. The largest absolute Gasteiger partial charge is 0.419 e. The Hall–Kier alpha value is -2.36. The lowest BCUT2D eigenvalue weighted by Gasteiger charge is -2.19. The van der Waals surface area contributed by atoms with Gasteiger partial charge in [0.15, 0.2) is 5.16 Å². The normalized spacial score (nSPS) is 18.3. The predicted molar refractivity (Wildman–Crippen MR) is 99.5 cm³/mol. The lowest BCUT2D eigenvalue weighted by molar-refractivity contribution is -0.140. The molecule has 1 atom stereocenters. The first-order valence-electron chi connectivity index (χ1n) is 9.17. The summed E-state index contributed by atoms with van der Waals surface area (Å²) < 4.78 is 53.4. The summed E-state index contributed by atoms with van der Waals surface area (Å²) in [6, 6.07) is 1.88. The lowest BCUT2D eigenvalue weighted by atomic mass is 9.97. The SMILES string of the molecule is O=C(CC1CSc2nc3c(c(=O)n21)CCCC3)Nc1ccc(F)c(C(F)(F)F)c1. The molecule has 1 aliphatic heterocycles. The molecule has 0 saturated carbocycles. The summed E-state index contributed by atoms with van der Waals surface area (Å²) in [5.74, 6) is -1.47. The third-order valence-corrected chi connectivity index (χ3v) is 6.20. The zero-order valence-electron chi connectivity index (χ0n) is 15.2. The van der Waals surface area contributed by atoms with Crippen molar-refractivity contribution < 1.29 is 22.4 Å². The van der Waals surface area contributed by atoms with Crippen LogP contribution in [0.1, 0.15) is 42.1 Å². The maximum Gasteiger partial charge on any atom is 0.419 e. The highest BCUT2D eigenvalue weighted by atomic mass is 32.2. The molecule has 0 bridgehead atoms. The number of carbonyl (C=O) groups is 1. The molecule has 1 aromatic carbocycles. The summed E-state index contributed by atoms with van der Waals surface area (Å²) in [6.45, 7) is 0. The summed E-state index contributed by atoms with van der Waals surface area (Å²) in [7, 11) is 0. The van der Waals surface area contributed by atoms with Crippen molar-refractivity contribution in [2.75, 3.05) is 11.1 Å². The van der Waals surface area contributed by atoms with Gasteiger partial charge >= 0.3 is 6.18 Å². The van der Waals surface area contributed by atoms with Crippen molar-refractivity contribution in [2.45, 2.75) is 49.5 Å². The van der Waals surface area contributed by atoms with Crippen molar-refractivity contribution in [3.63, 3.8) is 0 Å². The van der Waals surface area contributed by atoms with Crippen LogP contribution >= 0.6 is 11.8 Å². The minimum atomic E-state index is -4.86. The van der Waals surface area contributed by atoms with Crippen molar-refractivity contribution in [1.29, 1.82) is 0 Å².